The first-order valence-electron chi connectivity index (χ1n) is 15.4. The Morgan fingerprint density at radius 3 is 1.47 bits per heavy atom. The number of halogens is 1. The molecule has 0 aliphatic heterocycles. The number of hydrogen-bond acceptors (Lipinski definition) is 18. The van der Waals surface area contributed by atoms with E-state index in [9.17, 15) is 38.4 Å². The van der Waals surface area contributed by atoms with Gasteiger partial charge in [0.1, 0.15) is 11.4 Å². The second-order valence-corrected chi connectivity index (χ2v) is 11.1. The van der Waals surface area contributed by atoms with Crippen molar-refractivity contribution in [1.29, 1.82) is 0 Å². The zero-order valence-corrected chi connectivity index (χ0v) is 30.7. The second-order valence-electron chi connectivity index (χ2n) is 10.7. The van der Waals surface area contributed by atoms with Gasteiger partial charge < -0.3 is 33.7 Å². The lowest BCUT2D eigenvalue weighted by molar-refractivity contribution is -0.146. The molecule has 55 heavy (non-hydrogen) atoms. The van der Waals surface area contributed by atoms with E-state index in [1.807, 2.05) is 0 Å². The van der Waals surface area contributed by atoms with E-state index < -0.39 is 66.0 Å². The first-order chi connectivity index (χ1) is 26.2. The van der Waals surface area contributed by atoms with Crippen molar-refractivity contribution in [3.8, 4) is 0 Å². The Morgan fingerprint density at radius 1 is 0.582 bits per heavy atom. The number of carbonyl (C=O) groups excluding carboxylic acids is 8. The lowest BCUT2D eigenvalue weighted by Crippen LogP contribution is -2.34. The van der Waals surface area contributed by atoms with Crippen LogP contribution >= 0.6 is 11.6 Å². The van der Waals surface area contributed by atoms with Gasteiger partial charge in [0.15, 0.2) is 5.78 Å². The number of benzene rings is 3. The van der Waals surface area contributed by atoms with Crippen LogP contribution in [0.4, 0.5) is 17.1 Å². The van der Waals surface area contributed by atoms with E-state index in [1.54, 1.807) is 0 Å². The van der Waals surface area contributed by atoms with Crippen LogP contribution in [-0.4, -0.2) is 102 Å². The molecule has 1 N–H and O–H groups in total. The highest BCUT2D eigenvalue weighted by Crippen LogP contribution is 2.27. The molecule has 2 atom stereocenters. The summed E-state index contributed by atoms with van der Waals surface area (Å²) in [6.07, 6.45) is -0.453. The summed E-state index contributed by atoms with van der Waals surface area (Å²) in [6, 6.07) is 7.48. The van der Waals surface area contributed by atoms with Crippen molar-refractivity contribution in [1.82, 2.24) is 0 Å². The van der Waals surface area contributed by atoms with Gasteiger partial charge in [-0.2, -0.15) is 20.5 Å². The monoisotopic (exact) mass is 781 g/mol. The van der Waals surface area contributed by atoms with E-state index in [4.69, 9.17) is 25.8 Å². The van der Waals surface area contributed by atoms with Crippen molar-refractivity contribution in [2.75, 3.05) is 48.0 Å². The average Bonchev–Trinajstić information content (AvgIpc) is 3.20. The molecule has 0 bridgehead atoms. The molecule has 0 fully saturated rings. The van der Waals surface area contributed by atoms with Crippen molar-refractivity contribution in [3.63, 3.8) is 0 Å². The van der Waals surface area contributed by atoms with Gasteiger partial charge in [0.2, 0.25) is 12.1 Å². The standard InChI is InChI=1S/C35H32ClN5O14/c1-50-30(44)18-8-10-20(32(46)52-3)24(15-18)38-40-27(34(48)54-5)26(42)14-17-7-12-23(22(36)13-17)37-29(43)28(35(49)55-6)41-39-25-16-19(31(45)51-2)9-11-21(25)33(47)53-4/h7-13,15-16,27-28H,14H2,1-6H3,(H,37,43). The summed E-state index contributed by atoms with van der Waals surface area (Å²) in [5, 5.41) is 17.6. The maximum atomic E-state index is 13.3. The number of hydrogen-bond donors (Lipinski definition) is 1. The van der Waals surface area contributed by atoms with Crippen molar-refractivity contribution in [2.24, 2.45) is 20.5 Å². The Kier molecular flexibility index (Phi) is 15.3. The van der Waals surface area contributed by atoms with Gasteiger partial charge in [-0.3, -0.25) is 9.59 Å². The average molecular weight is 782 g/mol. The molecule has 0 spiro atoms. The molecule has 19 nitrogen and oxygen atoms in total. The number of esters is 6. The van der Waals surface area contributed by atoms with Gasteiger partial charge in [-0.05, 0) is 54.1 Å². The topological polar surface area (TPSA) is 253 Å². The van der Waals surface area contributed by atoms with Crippen LogP contribution in [0, 0.1) is 0 Å². The smallest absolute Gasteiger partial charge is 0.342 e. The molecule has 288 valence electrons. The molecule has 0 radical (unpaired) electrons. The van der Waals surface area contributed by atoms with E-state index in [1.165, 1.54) is 42.5 Å². The molecule has 3 rings (SSSR count). The Bertz CT molecular complexity index is 2080. The first kappa shape index (κ1) is 42.5. The summed E-state index contributed by atoms with van der Waals surface area (Å²) in [4.78, 5) is 100. The third-order valence-corrected chi connectivity index (χ3v) is 7.59. The highest BCUT2D eigenvalue weighted by atomic mass is 35.5. The molecule has 0 aliphatic rings. The summed E-state index contributed by atoms with van der Waals surface area (Å²) in [5.74, 6) is -7.35. The van der Waals surface area contributed by atoms with Gasteiger partial charge in [0.25, 0.3) is 5.91 Å². The fraction of sp³-hybridized carbons (Fsp3) is 0.257. The van der Waals surface area contributed by atoms with E-state index in [2.05, 4.69) is 40.0 Å². The number of anilines is 1. The first-order valence-corrected chi connectivity index (χ1v) is 15.8. The summed E-state index contributed by atoms with van der Waals surface area (Å²) < 4.78 is 28.2. The van der Waals surface area contributed by atoms with Crippen LogP contribution in [0.25, 0.3) is 0 Å². The number of ether oxygens (including phenoxy) is 6. The van der Waals surface area contributed by atoms with Crippen molar-refractivity contribution < 1.29 is 66.8 Å². The van der Waals surface area contributed by atoms with Crippen LogP contribution in [0.5, 0.6) is 0 Å². The molecule has 0 saturated carbocycles. The van der Waals surface area contributed by atoms with Crippen molar-refractivity contribution in [3.05, 3.63) is 87.4 Å². The van der Waals surface area contributed by atoms with Crippen LogP contribution in [0.3, 0.4) is 0 Å². The molecule has 0 heterocycles. The third kappa shape index (κ3) is 10.8. The second kappa shape index (κ2) is 19.8. The van der Waals surface area contributed by atoms with Gasteiger partial charge >= 0.3 is 35.8 Å². The summed E-state index contributed by atoms with van der Waals surface area (Å²) in [6.45, 7) is 0. The predicted octanol–water partition coefficient (Wildman–Crippen LogP) is 4.19. The zero-order valence-electron chi connectivity index (χ0n) is 29.9. The number of methoxy groups -OCH3 is 6. The Hall–Kier alpha value is -6.89. The minimum absolute atomic E-state index is 0.00836. The molecular weight excluding hydrogens is 750 g/mol. The van der Waals surface area contributed by atoms with Crippen LogP contribution in [0.1, 0.15) is 47.0 Å². The van der Waals surface area contributed by atoms with Gasteiger partial charge in [-0.1, -0.05) is 17.7 Å². The fourth-order valence-corrected chi connectivity index (χ4v) is 4.72. The molecule has 20 heteroatoms. The normalized spacial score (nSPS) is 11.9. The minimum atomic E-state index is -1.94. The summed E-state index contributed by atoms with van der Waals surface area (Å²) in [5.41, 5.74) is -0.543. The number of carbonyl (C=O) groups is 8. The van der Waals surface area contributed by atoms with E-state index >= 15 is 0 Å². The van der Waals surface area contributed by atoms with Gasteiger partial charge in [0, 0.05) is 6.42 Å². The van der Waals surface area contributed by atoms with Gasteiger partial charge in [0.05, 0.1) is 75.6 Å². The Labute approximate surface area is 316 Å². The SMILES string of the molecule is COC(=O)c1ccc(C(=O)OC)c(N=NC(C(=O)Cc2ccc(NC(=O)C(N=Nc3cc(C(=O)OC)ccc3C(=O)OC)C(=O)OC)c(Cl)c2)C(=O)OC)c1. The predicted molar refractivity (Wildman–Crippen MR) is 188 cm³/mol. The molecule has 0 saturated heterocycles. The number of nitrogens with one attached hydrogen (secondary N) is 1. The van der Waals surface area contributed by atoms with E-state index in [0.29, 0.717) is 0 Å². The quantitative estimate of drug-likeness (QED) is 0.0982. The lowest BCUT2D eigenvalue weighted by Gasteiger charge is -2.13. The third-order valence-electron chi connectivity index (χ3n) is 7.28. The summed E-state index contributed by atoms with van der Waals surface area (Å²) >= 11 is 6.40. The largest absolute Gasteiger partial charge is 0.467 e. The van der Waals surface area contributed by atoms with Crippen LogP contribution in [0.2, 0.25) is 5.02 Å². The number of rotatable bonds is 15. The maximum absolute atomic E-state index is 13.3. The zero-order chi connectivity index (χ0) is 40.8. The summed E-state index contributed by atoms with van der Waals surface area (Å²) in [7, 11) is 6.51. The van der Waals surface area contributed by atoms with Gasteiger partial charge in [-0.25, -0.2) is 28.8 Å². The van der Waals surface area contributed by atoms with Crippen LogP contribution < -0.4 is 5.32 Å². The van der Waals surface area contributed by atoms with Gasteiger partial charge in [-0.15, -0.1) is 0 Å². The Balaban J connectivity index is 1.87. The molecule has 3 aromatic rings. The van der Waals surface area contributed by atoms with Crippen molar-refractivity contribution in [2.45, 2.75) is 18.5 Å². The highest BCUT2D eigenvalue weighted by molar-refractivity contribution is 6.34. The van der Waals surface area contributed by atoms with Crippen LogP contribution in [-0.2, 0) is 54.0 Å². The highest BCUT2D eigenvalue weighted by Gasteiger charge is 2.30. The number of azo groups is 2. The molecule has 1 amide bonds. The molecule has 3 aromatic carbocycles. The van der Waals surface area contributed by atoms with E-state index in [-0.39, 0.29) is 49.9 Å². The number of amides is 1. The number of Topliss-reactive ketones (excluding diaryl/α,β-unsaturated/α-hetero) is 1. The fourth-order valence-electron chi connectivity index (χ4n) is 4.47. The maximum Gasteiger partial charge on any atom is 0.342 e. The molecule has 2 unspecified atom stereocenters. The molecular formula is C35H32ClN5O14. The van der Waals surface area contributed by atoms with E-state index in [0.717, 1.165) is 54.8 Å². The van der Waals surface area contributed by atoms with Crippen molar-refractivity contribution >= 4 is 76.2 Å². The Morgan fingerprint density at radius 2 is 1.04 bits per heavy atom. The lowest BCUT2D eigenvalue weighted by atomic mass is 10.0. The van der Waals surface area contributed by atoms with Crippen LogP contribution in [0.15, 0.2) is 75.1 Å². The number of ketones is 1. The minimum Gasteiger partial charge on any atom is -0.467 e. The number of nitrogens with zero attached hydrogens (tertiary/aromatic N) is 4. The molecule has 0 aliphatic carbocycles. The molecule has 0 aromatic heterocycles.